The molecule has 0 aliphatic rings. The van der Waals surface area contributed by atoms with Crippen LogP contribution in [0.5, 0.6) is 5.75 Å². The minimum Gasteiger partial charge on any atom is -0.507 e. The molecule has 104 valence electrons. The Balaban J connectivity index is 2.49. The molecule has 0 bridgehead atoms. The van der Waals surface area contributed by atoms with E-state index in [4.69, 9.17) is 0 Å². The summed E-state index contributed by atoms with van der Waals surface area (Å²) in [5.74, 6) is -0.126. The number of rotatable bonds is 4. The van der Waals surface area contributed by atoms with E-state index in [1.807, 2.05) is 0 Å². The molecule has 0 radical (unpaired) electrons. The zero-order valence-corrected chi connectivity index (χ0v) is 11.5. The second-order valence-corrected chi connectivity index (χ2v) is 6.06. The van der Waals surface area contributed by atoms with Crippen LogP contribution in [-0.2, 0) is 10.0 Å². The number of aldehydes is 1. The second-order valence-electron chi connectivity index (χ2n) is 4.32. The maximum atomic E-state index is 11.2. The predicted octanol–water partition coefficient (Wildman–Crippen LogP) is 2.24. The number of carbonyl (C=O) groups is 1. The Kier molecular flexibility index (Phi) is 3.76. The minimum absolute atomic E-state index is 0.126. The average Bonchev–Trinajstić information content (AvgIpc) is 2.37. The third-order valence-corrected chi connectivity index (χ3v) is 3.28. The number of anilines is 1. The quantitative estimate of drug-likeness (QED) is 0.846. The first kappa shape index (κ1) is 14.1. The van der Waals surface area contributed by atoms with Crippen LogP contribution in [0.1, 0.15) is 10.4 Å². The maximum Gasteiger partial charge on any atom is 0.229 e. The van der Waals surface area contributed by atoms with Crippen LogP contribution in [-0.4, -0.2) is 26.1 Å². The molecular weight excluding hydrogens is 278 g/mol. The summed E-state index contributed by atoms with van der Waals surface area (Å²) in [6.07, 6.45) is 1.63. The molecule has 6 heteroatoms. The molecule has 0 amide bonds. The molecule has 0 fully saturated rings. The first-order valence-electron chi connectivity index (χ1n) is 5.76. The monoisotopic (exact) mass is 291 g/mol. The highest BCUT2D eigenvalue weighted by Crippen LogP contribution is 2.32. The standard InChI is InChI=1S/C14H13NO4S/c1-20(18,19)15-12-6-2-4-10(8-12)13-7-3-5-11(9-16)14(13)17/h2-9,15,17H,1H3. The van der Waals surface area contributed by atoms with Gasteiger partial charge in [0, 0.05) is 11.3 Å². The lowest BCUT2D eigenvalue weighted by molar-refractivity contribution is 0.112. The van der Waals surface area contributed by atoms with Crippen molar-refractivity contribution in [3.05, 3.63) is 48.0 Å². The van der Waals surface area contributed by atoms with Crippen LogP contribution < -0.4 is 4.72 Å². The van der Waals surface area contributed by atoms with Gasteiger partial charge in [-0.05, 0) is 23.8 Å². The van der Waals surface area contributed by atoms with Crippen molar-refractivity contribution in [1.82, 2.24) is 0 Å². The number of para-hydroxylation sites is 1. The Morgan fingerprint density at radius 3 is 2.50 bits per heavy atom. The number of sulfonamides is 1. The molecule has 0 saturated carbocycles. The number of hydrogen-bond acceptors (Lipinski definition) is 4. The smallest absolute Gasteiger partial charge is 0.229 e. The first-order valence-corrected chi connectivity index (χ1v) is 7.65. The van der Waals surface area contributed by atoms with Gasteiger partial charge in [-0.15, -0.1) is 0 Å². The van der Waals surface area contributed by atoms with Crippen LogP contribution in [0.2, 0.25) is 0 Å². The summed E-state index contributed by atoms with van der Waals surface area (Å²) in [4.78, 5) is 10.8. The van der Waals surface area contributed by atoms with Gasteiger partial charge in [-0.2, -0.15) is 0 Å². The van der Waals surface area contributed by atoms with Gasteiger partial charge < -0.3 is 5.11 Å². The van der Waals surface area contributed by atoms with E-state index >= 15 is 0 Å². The van der Waals surface area contributed by atoms with Gasteiger partial charge in [0.15, 0.2) is 6.29 Å². The van der Waals surface area contributed by atoms with E-state index in [-0.39, 0.29) is 11.3 Å². The van der Waals surface area contributed by atoms with Crippen molar-refractivity contribution >= 4 is 22.0 Å². The normalized spacial score (nSPS) is 11.1. The Morgan fingerprint density at radius 2 is 1.85 bits per heavy atom. The molecule has 2 rings (SSSR count). The van der Waals surface area contributed by atoms with E-state index in [0.717, 1.165) is 6.26 Å². The number of carbonyl (C=O) groups excluding carboxylic acids is 1. The Hall–Kier alpha value is -2.34. The maximum absolute atomic E-state index is 11.2. The lowest BCUT2D eigenvalue weighted by Crippen LogP contribution is -2.09. The van der Waals surface area contributed by atoms with Crippen LogP contribution in [0.4, 0.5) is 5.69 Å². The third kappa shape index (κ3) is 3.16. The topological polar surface area (TPSA) is 83.5 Å². The van der Waals surface area contributed by atoms with Crippen molar-refractivity contribution in [2.45, 2.75) is 0 Å². The summed E-state index contributed by atoms with van der Waals surface area (Å²) in [6.45, 7) is 0. The summed E-state index contributed by atoms with van der Waals surface area (Å²) in [5, 5.41) is 10.00. The van der Waals surface area contributed by atoms with Crippen LogP contribution in [0, 0.1) is 0 Å². The van der Waals surface area contributed by atoms with Crippen molar-refractivity contribution in [1.29, 1.82) is 0 Å². The molecule has 0 spiro atoms. The van der Waals surface area contributed by atoms with Crippen molar-refractivity contribution in [3.63, 3.8) is 0 Å². The van der Waals surface area contributed by atoms with E-state index in [2.05, 4.69) is 4.72 Å². The molecule has 20 heavy (non-hydrogen) atoms. The van der Waals surface area contributed by atoms with Crippen LogP contribution in [0.25, 0.3) is 11.1 Å². The highest BCUT2D eigenvalue weighted by Gasteiger charge is 2.09. The van der Waals surface area contributed by atoms with E-state index in [1.165, 1.54) is 6.07 Å². The molecule has 2 aromatic rings. The zero-order valence-electron chi connectivity index (χ0n) is 10.7. The lowest BCUT2D eigenvalue weighted by Gasteiger charge is -2.09. The molecule has 0 aliphatic heterocycles. The van der Waals surface area contributed by atoms with E-state index in [9.17, 15) is 18.3 Å². The Bertz CT molecular complexity index is 754. The number of phenols is 1. The fourth-order valence-corrected chi connectivity index (χ4v) is 2.41. The molecule has 2 N–H and O–H groups in total. The molecule has 5 nitrogen and oxygen atoms in total. The Morgan fingerprint density at radius 1 is 1.15 bits per heavy atom. The summed E-state index contributed by atoms with van der Waals surface area (Å²) in [7, 11) is -3.37. The van der Waals surface area contributed by atoms with Crippen LogP contribution >= 0.6 is 0 Å². The highest BCUT2D eigenvalue weighted by molar-refractivity contribution is 7.92. The molecule has 0 saturated heterocycles. The van der Waals surface area contributed by atoms with Gasteiger partial charge in [-0.1, -0.05) is 24.3 Å². The van der Waals surface area contributed by atoms with Gasteiger partial charge in [-0.25, -0.2) is 8.42 Å². The minimum atomic E-state index is -3.37. The predicted molar refractivity (Wildman–Crippen MR) is 77.4 cm³/mol. The molecule has 0 unspecified atom stereocenters. The fourth-order valence-electron chi connectivity index (χ4n) is 1.85. The number of phenolic OH excluding ortho intramolecular Hbond substituents is 1. The zero-order chi connectivity index (χ0) is 14.8. The first-order chi connectivity index (χ1) is 9.40. The number of benzene rings is 2. The number of aromatic hydroxyl groups is 1. The van der Waals surface area contributed by atoms with Crippen molar-refractivity contribution < 1.29 is 18.3 Å². The highest BCUT2D eigenvalue weighted by atomic mass is 32.2. The fraction of sp³-hybridized carbons (Fsp3) is 0.0714. The van der Waals surface area contributed by atoms with Gasteiger partial charge >= 0.3 is 0 Å². The molecule has 0 atom stereocenters. The van der Waals surface area contributed by atoms with Gasteiger partial charge in [-0.3, -0.25) is 9.52 Å². The molecular formula is C14H13NO4S. The average molecular weight is 291 g/mol. The molecule has 0 heterocycles. The van der Waals surface area contributed by atoms with E-state index in [1.54, 1.807) is 36.4 Å². The Labute approximate surface area is 116 Å². The summed E-state index contributed by atoms with van der Waals surface area (Å²) in [6, 6.07) is 11.4. The van der Waals surface area contributed by atoms with Crippen molar-refractivity contribution in [3.8, 4) is 16.9 Å². The number of nitrogens with one attached hydrogen (secondary N) is 1. The van der Waals surface area contributed by atoms with E-state index in [0.29, 0.717) is 23.1 Å². The van der Waals surface area contributed by atoms with Crippen LogP contribution in [0.15, 0.2) is 42.5 Å². The SMILES string of the molecule is CS(=O)(=O)Nc1cccc(-c2cccc(C=O)c2O)c1. The number of hydrogen-bond donors (Lipinski definition) is 2. The van der Waals surface area contributed by atoms with E-state index < -0.39 is 10.0 Å². The van der Waals surface area contributed by atoms with Gasteiger partial charge in [0.05, 0.1) is 11.8 Å². The largest absolute Gasteiger partial charge is 0.507 e. The molecule has 0 aliphatic carbocycles. The lowest BCUT2D eigenvalue weighted by atomic mass is 10.0. The summed E-state index contributed by atoms with van der Waals surface area (Å²) >= 11 is 0. The summed E-state index contributed by atoms with van der Waals surface area (Å²) < 4.78 is 24.8. The third-order valence-electron chi connectivity index (χ3n) is 2.67. The van der Waals surface area contributed by atoms with Crippen molar-refractivity contribution in [2.75, 3.05) is 11.0 Å². The van der Waals surface area contributed by atoms with Crippen LogP contribution in [0.3, 0.4) is 0 Å². The van der Waals surface area contributed by atoms with Crippen molar-refractivity contribution in [2.24, 2.45) is 0 Å². The summed E-state index contributed by atoms with van der Waals surface area (Å²) in [5.41, 5.74) is 1.65. The second kappa shape index (κ2) is 5.34. The van der Waals surface area contributed by atoms with Gasteiger partial charge in [0.25, 0.3) is 0 Å². The van der Waals surface area contributed by atoms with Gasteiger partial charge in [0.1, 0.15) is 5.75 Å². The molecule has 0 aromatic heterocycles. The van der Waals surface area contributed by atoms with Gasteiger partial charge in [0.2, 0.25) is 10.0 Å². The molecule has 2 aromatic carbocycles.